The zero-order valence-corrected chi connectivity index (χ0v) is 11.1. The Hall–Kier alpha value is -2.21. The number of anilines is 1. The minimum absolute atomic E-state index is 0.0886. The van der Waals surface area contributed by atoms with Crippen LogP contribution in [-0.2, 0) is 0 Å². The van der Waals surface area contributed by atoms with Crippen molar-refractivity contribution in [1.29, 1.82) is 0 Å². The minimum atomic E-state index is 0.0886. The van der Waals surface area contributed by atoms with E-state index >= 15 is 0 Å². The first kappa shape index (κ1) is 13.2. The van der Waals surface area contributed by atoms with Gasteiger partial charge in [-0.25, -0.2) is 0 Å². The van der Waals surface area contributed by atoms with Gasteiger partial charge < -0.3 is 21.0 Å². The summed E-state index contributed by atoms with van der Waals surface area (Å²) in [7, 11) is 0. The average Bonchev–Trinajstić information content (AvgIpc) is 2.96. The summed E-state index contributed by atoms with van der Waals surface area (Å²) in [6, 6.07) is 9.10. The van der Waals surface area contributed by atoms with E-state index in [1.54, 1.807) is 35.6 Å². The Morgan fingerprint density at radius 3 is 2.74 bits per heavy atom. The lowest BCUT2D eigenvalue weighted by molar-refractivity contribution is 0.318. The van der Waals surface area contributed by atoms with Crippen LogP contribution in [-0.4, -0.2) is 24.2 Å². The maximum Gasteiger partial charge on any atom is 0.170 e. The molecule has 0 bridgehead atoms. The Balaban J connectivity index is 1.77. The van der Waals surface area contributed by atoms with Crippen LogP contribution in [0.1, 0.15) is 5.56 Å². The van der Waals surface area contributed by atoms with Gasteiger partial charge in [0, 0.05) is 23.2 Å². The van der Waals surface area contributed by atoms with Crippen LogP contribution in [0.3, 0.4) is 0 Å². The first-order valence-corrected chi connectivity index (χ1v) is 6.70. The number of ether oxygens (including phenoxy) is 1. The summed E-state index contributed by atoms with van der Waals surface area (Å²) in [6.07, 6.45) is 0. The molecule has 1 aromatic carbocycles. The molecule has 6 heteroatoms. The van der Waals surface area contributed by atoms with E-state index in [0.717, 1.165) is 18.0 Å². The number of oxime groups is 1. The van der Waals surface area contributed by atoms with Crippen LogP contribution in [0.15, 0.2) is 46.2 Å². The number of nitrogens with one attached hydrogen (secondary N) is 1. The molecule has 0 unspecified atom stereocenters. The van der Waals surface area contributed by atoms with Crippen LogP contribution in [0.5, 0.6) is 5.75 Å². The van der Waals surface area contributed by atoms with Crippen molar-refractivity contribution in [1.82, 2.24) is 0 Å². The van der Waals surface area contributed by atoms with Gasteiger partial charge in [-0.15, -0.1) is 0 Å². The van der Waals surface area contributed by atoms with Gasteiger partial charge in [0.1, 0.15) is 12.4 Å². The third kappa shape index (κ3) is 3.89. The summed E-state index contributed by atoms with van der Waals surface area (Å²) in [4.78, 5) is 0. The summed E-state index contributed by atoms with van der Waals surface area (Å²) in [5.41, 5.74) is 7.24. The Kier molecular flexibility index (Phi) is 4.63. The van der Waals surface area contributed by atoms with Gasteiger partial charge in [-0.05, 0) is 35.7 Å². The van der Waals surface area contributed by atoms with Crippen molar-refractivity contribution in [3.63, 3.8) is 0 Å². The maximum atomic E-state index is 8.55. The fraction of sp³-hybridized carbons (Fsp3) is 0.154. The lowest BCUT2D eigenvalue weighted by atomic mass is 10.2. The largest absolute Gasteiger partial charge is 0.492 e. The highest BCUT2D eigenvalue weighted by atomic mass is 32.1. The van der Waals surface area contributed by atoms with Crippen molar-refractivity contribution in [2.24, 2.45) is 10.9 Å². The molecule has 0 atom stereocenters. The number of nitrogens with two attached hydrogens (primary N) is 1. The van der Waals surface area contributed by atoms with Crippen molar-refractivity contribution >= 4 is 22.9 Å². The van der Waals surface area contributed by atoms with Crippen LogP contribution in [0.2, 0.25) is 0 Å². The van der Waals surface area contributed by atoms with E-state index in [0.29, 0.717) is 12.2 Å². The molecule has 0 spiro atoms. The molecule has 1 aromatic heterocycles. The molecule has 1 heterocycles. The van der Waals surface area contributed by atoms with Gasteiger partial charge in [0.2, 0.25) is 0 Å². The Morgan fingerprint density at radius 2 is 2.11 bits per heavy atom. The van der Waals surface area contributed by atoms with Crippen molar-refractivity contribution in [2.75, 3.05) is 18.5 Å². The van der Waals surface area contributed by atoms with Crippen LogP contribution >= 0.6 is 11.3 Å². The van der Waals surface area contributed by atoms with Gasteiger partial charge >= 0.3 is 0 Å². The molecule has 2 aromatic rings. The molecule has 0 aliphatic rings. The lowest BCUT2D eigenvalue weighted by Gasteiger charge is -2.08. The maximum absolute atomic E-state index is 8.55. The van der Waals surface area contributed by atoms with E-state index in [1.165, 1.54) is 0 Å². The van der Waals surface area contributed by atoms with Crippen molar-refractivity contribution < 1.29 is 9.94 Å². The number of hydrogen-bond acceptors (Lipinski definition) is 5. The Morgan fingerprint density at radius 1 is 1.32 bits per heavy atom. The second-order valence-corrected chi connectivity index (χ2v) is 4.58. The first-order chi connectivity index (χ1) is 9.29. The smallest absolute Gasteiger partial charge is 0.170 e. The third-order valence-corrected chi connectivity index (χ3v) is 3.16. The summed E-state index contributed by atoms with van der Waals surface area (Å²) in [5.74, 6) is 0.840. The van der Waals surface area contributed by atoms with Gasteiger partial charge in [0.05, 0.1) is 0 Å². The van der Waals surface area contributed by atoms with Gasteiger partial charge in [0.25, 0.3) is 0 Å². The van der Waals surface area contributed by atoms with Gasteiger partial charge in [0.15, 0.2) is 5.84 Å². The molecule has 19 heavy (non-hydrogen) atoms. The van der Waals surface area contributed by atoms with Gasteiger partial charge in [-0.1, -0.05) is 5.16 Å². The normalized spacial score (nSPS) is 11.3. The van der Waals surface area contributed by atoms with E-state index in [2.05, 4.69) is 10.5 Å². The van der Waals surface area contributed by atoms with E-state index in [1.807, 2.05) is 16.8 Å². The van der Waals surface area contributed by atoms with Crippen LogP contribution < -0.4 is 15.8 Å². The molecule has 0 amide bonds. The zero-order chi connectivity index (χ0) is 13.5. The molecular formula is C13H15N3O2S. The summed E-state index contributed by atoms with van der Waals surface area (Å²) >= 11 is 1.65. The number of hydrogen-bond donors (Lipinski definition) is 3. The van der Waals surface area contributed by atoms with Crippen LogP contribution in [0, 0.1) is 0 Å². The summed E-state index contributed by atoms with van der Waals surface area (Å²) in [6.45, 7) is 1.30. The number of thiophene rings is 1. The van der Waals surface area contributed by atoms with Crippen molar-refractivity contribution in [2.45, 2.75) is 0 Å². The quantitative estimate of drug-likeness (QED) is 0.249. The number of rotatable bonds is 6. The van der Waals surface area contributed by atoms with E-state index in [-0.39, 0.29) is 5.84 Å². The molecule has 5 nitrogen and oxygen atoms in total. The highest BCUT2D eigenvalue weighted by Gasteiger charge is 1.99. The van der Waals surface area contributed by atoms with Crippen molar-refractivity contribution in [3.8, 4) is 5.75 Å². The molecule has 2 rings (SSSR count). The van der Waals surface area contributed by atoms with Crippen LogP contribution in [0.25, 0.3) is 0 Å². The van der Waals surface area contributed by atoms with E-state index < -0.39 is 0 Å². The number of amidine groups is 1. The standard InChI is InChI=1S/C13H15N3O2S/c14-13(16-17)10-1-3-12(4-2-10)18-7-6-15-11-5-8-19-9-11/h1-5,8-9,15,17H,6-7H2,(H2,14,16). The summed E-state index contributed by atoms with van der Waals surface area (Å²) in [5, 5.41) is 18.8. The third-order valence-electron chi connectivity index (χ3n) is 2.48. The first-order valence-electron chi connectivity index (χ1n) is 5.76. The number of nitrogens with zero attached hydrogens (tertiary/aromatic N) is 1. The molecule has 0 radical (unpaired) electrons. The average molecular weight is 277 g/mol. The number of benzene rings is 1. The molecular weight excluding hydrogens is 262 g/mol. The van der Waals surface area contributed by atoms with Crippen molar-refractivity contribution in [3.05, 3.63) is 46.7 Å². The molecule has 0 aliphatic heterocycles. The molecule has 0 aliphatic carbocycles. The predicted octanol–water partition coefficient (Wildman–Crippen LogP) is 2.33. The zero-order valence-electron chi connectivity index (χ0n) is 10.2. The highest BCUT2D eigenvalue weighted by Crippen LogP contribution is 2.13. The predicted molar refractivity (Wildman–Crippen MR) is 77.3 cm³/mol. The van der Waals surface area contributed by atoms with Gasteiger partial charge in [-0.2, -0.15) is 11.3 Å². The highest BCUT2D eigenvalue weighted by molar-refractivity contribution is 7.08. The fourth-order valence-electron chi connectivity index (χ4n) is 1.51. The van der Waals surface area contributed by atoms with E-state index in [9.17, 15) is 0 Å². The SMILES string of the molecule is NC(=NO)c1ccc(OCCNc2ccsc2)cc1. The monoisotopic (exact) mass is 277 g/mol. The van der Waals surface area contributed by atoms with E-state index in [4.69, 9.17) is 15.7 Å². The fourth-order valence-corrected chi connectivity index (χ4v) is 2.12. The lowest BCUT2D eigenvalue weighted by Crippen LogP contribution is -2.13. The topological polar surface area (TPSA) is 79.9 Å². The summed E-state index contributed by atoms with van der Waals surface area (Å²) < 4.78 is 5.57. The Bertz CT molecular complexity index is 523. The van der Waals surface area contributed by atoms with Gasteiger partial charge in [-0.3, -0.25) is 0 Å². The molecule has 0 fully saturated rings. The second kappa shape index (κ2) is 6.65. The molecule has 4 N–H and O–H groups in total. The molecule has 0 saturated carbocycles. The molecule has 0 saturated heterocycles. The van der Waals surface area contributed by atoms with Crippen LogP contribution in [0.4, 0.5) is 5.69 Å². The second-order valence-electron chi connectivity index (χ2n) is 3.80. The Labute approximate surface area is 115 Å². The minimum Gasteiger partial charge on any atom is -0.492 e. The molecule has 100 valence electrons.